The summed E-state index contributed by atoms with van der Waals surface area (Å²) < 4.78 is 5.33. The third-order valence-corrected chi connectivity index (χ3v) is 4.76. The number of aliphatic hydroxyl groups excluding tert-OH is 1. The Morgan fingerprint density at radius 2 is 2.05 bits per heavy atom. The van der Waals surface area contributed by atoms with Crippen LogP contribution in [0.3, 0.4) is 0 Å². The first-order valence-corrected chi connectivity index (χ1v) is 7.96. The first-order valence-electron chi connectivity index (χ1n) is 7.96. The first kappa shape index (κ1) is 17.0. The van der Waals surface area contributed by atoms with Gasteiger partial charge in [-0.1, -0.05) is 44.2 Å². The van der Waals surface area contributed by atoms with Crippen molar-refractivity contribution in [3.05, 3.63) is 35.9 Å². The summed E-state index contributed by atoms with van der Waals surface area (Å²) >= 11 is 0. The molecule has 0 aromatic heterocycles. The molecule has 2 atom stereocenters. The fourth-order valence-corrected chi connectivity index (χ4v) is 3.12. The molecule has 0 radical (unpaired) electrons. The second-order valence-corrected chi connectivity index (χ2v) is 6.73. The van der Waals surface area contributed by atoms with Gasteiger partial charge < -0.3 is 14.7 Å². The fraction of sp³-hybridized carbons (Fsp3) is 0.611. The van der Waals surface area contributed by atoms with Crippen LogP contribution in [0.1, 0.15) is 38.7 Å². The van der Waals surface area contributed by atoms with Crippen LogP contribution >= 0.6 is 0 Å². The third-order valence-electron chi connectivity index (χ3n) is 4.76. The Bertz CT molecular complexity index is 486. The highest BCUT2D eigenvalue weighted by molar-refractivity contribution is 5.77. The number of aliphatic hydroxyl groups is 1. The number of carbonyl (C=O) groups is 1. The number of carbonyl (C=O) groups excluding carboxylic acids is 1. The van der Waals surface area contributed by atoms with Crippen molar-refractivity contribution in [2.24, 2.45) is 0 Å². The van der Waals surface area contributed by atoms with Crippen molar-refractivity contribution < 1.29 is 14.6 Å². The number of likely N-dealkylation sites (tertiary alicyclic amines) is 1. The summed E-state index contributed by atoms with van der Waals surface area (Å²) in [5.41, 5.74) is 1.21. The molecule has 1 aromatic carbocycles. The van der Waals surface area contributed by atoms with Gasteiger partial charge in [0.05, 0.1) is 18.8 Å². The van der Waals surface area contributed by atoms with Crippen molar-refractivity contribution in [2.75, 3.05) is 20.3 Å². The maximum atomic E-state index is 12.5. The van der Waals surface area contributed by atoms with Crippen molar-refractivity contribution in [3.63, 3.8) is 0 Å². The summed E-state index contributed by atoms with van der Waals surface area (Å²) in [5, 5.41) is 9.46. The normalized spacial score (nSPS) is 22.1. The monoisotopic (exact) mass is 305 g/mol. The molecule has 1 aliphatic rings. The van der Waals surface area contributed by atoms with E-state index in [1.54, 1.807) is 12.0 Å². The lowest BCUT2D eigenvalue weighted by Crippen LogP contribution is -2.38. The van der Waals surface area contributed by atoms with Gasteiger partial charge in [-0.25, -0.2) is 0 Å². The minimum absolute atomic E-state index is 0.00762. The molecule has 122 valence electrons. The van der Waals surface area contributed by atoms with Crippen LogP contribution in [0, 0.1) is 0 Å². The number of rotatable bonds is 6. The van der Waals surface area contributed by atoms with E-state index < -0.39 is 0 Å². The molecule has 1 aliphatic heterocycles. The predicted molar refractivity (Wildman–Crippen MR) is 86.7 cm³/mol. The molecule has 1 saturated heterocycles. The zero-order valence-electron chi connectivity index (χ0n) is 13.8. The van der Waals surface area contributed by atoms with Gasteiger partial charge in [-0.05, 0) is 23.8 Å². The van der Waals surface area contributed by atoms with E-state index in [2.05, 4.69) is 26.0 Å². The highest BCUT2D eigenvalue weighted by atomic mass is 16.5. The maximum Gasteiger partial charge on any atom is 0.223 e. The van der Waals surface area contributed by atoms with Crippen molar-refractivity contribution in [3.8, 4) is 0 Å². The van der Waals surface area contributed by atoms with Gasteiger partial charge in [0, 0.05) is 20.1 Å². The van der Waals surface area contributed by atoms with E-state index >= 15 is 0 Å². The molecule has 1 aromatic rings. The standard InChI is InChI=1S/C18H27NO3/c1-18(2,14-7-5-4-6-8-14)10-9-17(21)19-12-16(22-3)11-15(19)13-20/h4-8,15-16,20H,9-13H2,1-3H3/t15-,16+/m0/s1. The van der Waals surface area contributed by atoms with Crippen LogP contribution in [-0.2, 0) is 14.9 Å². The van der Waals surface area contributed by atoms with Crippen LogP contribution in [0.15, 0.2) is 30.3 Å². The summed E-state index contributed by atoms with van der Waals surface area (Å²) in [7, 11) is 1.66. The largest absolute Gasteiger partial charge is 0.394 e. The molecule has 1 N–H and O–H groups in total. The van der Waals surface area contributed by atoms with E-state index in [1.807, 2.05) is 18.2 Å². The second-order valence-electron chi connectivity index (χ2n) is 6.73. The Kier molecular flexibility index (Phi) is 5.59. The molecule has 22 heavy (non-hydrogen) atoms. The summed E-state index contributed by atoms with van der Waals surface area (Å²) in [6.07, 6.45) is 2.06. The number of benzene rings is 1. The van der Waals surface area contributed by atoms with Gasteiger partial charge in [0.25, 0.3) is 0 Å². The van der Waals surface area contributed by atoms with Crippen LogP contribution in [0.4, 0.5) is 0 Å². The van der Waals surface area contributed by atoms with Crippen molar-refractivity contribution in [2.45, 2.75) is 50.7 Å². The molecule has 0 saturated carbocycles. The molecule has 1 amide bonds. The molecular weight excluding hydrogens is 278 g/mol. The smallest absolute Gasteiger partial charge is 0.223 e. The summed E-state index contributed by atoms with van der Waals surface area (Å²) in [6, 6.07) is 10.2. The summed E-state index contributed by atoms with van der Waals surface area (Å²) in [4.78, 5) is 14.3. The Morgan fingerprint density at radius 1 is 1.36 bits per heavy atom. The van der Waals surface area contributed by atoms with Gasteiger partial charge in [0.1, 0.15) is 0 Å². The number of hydrogen-bond acceptors (Lipinski definition) is 3. The van der Waals surface area contributed by atoms with E-state index in [9.17, 15) is 9.90 Å². The number of nitrogens with zero attached hydrogens (tertiary/aromatic N) is 1. The molecular formula is C18H27NO3. The lowest BCUT2D eigenvalue weighted by molar-refractivity contribution is -0.133. The van der Waals surface area contributed by atoms with E-state index in [-0.39, 0.29) is 30.1 Å². The molecule has 0 bridgehead atoms. The predicted octanol–water partition coefficient (Wildman–Crippen LogP) is 2.35. The molecule has 0 spiro atoms. The number of methoxy groups -OCH3 is 1. The average Bonchev–Trinajstić information content (AvgIpc) is 2.97. The van der Waals surface area contributed by atoms with E-state index in [4.69, 9.17) is 4.74 Å². The minimum atomic E-state index is -0.0997. The minimum Gasteiger partial charge on any atom is -0.394 e. The summed E-state index contributed by atoms with van der Waals surface area (Å²) in [5.74, 6) is 0.114. The third kappa shape index (κ3) is 3.87. The summed E-state index contributed by atoms with van der Waals surface area (Å²) in [6.45, 7) is 4.93. The van der Waals surface area contributed by atoms with Gasteiger partial charge in [0.15, 0.2) is 0 Å². The number of amides is 1. The Labute approximate surface area is 133 Å². The zero-order chi connectivity index (χ0) is 16.2. The molecule has 0 aliphatic carbocycles. The molecule has 0 unspecified atom stereocenters. The molecule has 1 heterocycles. The van der Waals surface area contributed by atoms with Crippen LogP contribution < -0.4 is 0 Å². The van der Waals surface area contributed by atoms with Crippen LogP contribution in [0.2, 0.25) is 0 Å². The van der Waals surface area contributed by atoms with Crippen LogP contribution in [0.25, 0.3) is 0 Å². The topological polar surface area (TPSA) is 49.8 Å². The maximum absolute atomic E-state index is 12.5. The Balaban J connectivity index is 1.95. The SMILES string of the molecule is CO[C@@H]1C[C@@H](CO)N(C(=O)CCC(C)(C)c2ccccc2)C1. The molecule has 1 fully saturated rings. The lowest BCUT2D eigenvalue weighted by Gasteiger charge is -2.28. The Hall–Kier alpha value is -1.39. The van der Waals surface area contributed by atoms with Crippen LogP contribution in [-0.4, -0.2) is 48.3 Å². The van der Waals surface area contributed by atoms with E-state index in [0.717, 1.165) is 12.8 Å². The van der Waals surface area contributed by atoms with E-state index in [0.29, 0.717) is 13.0 Å². The van der Waals surface area contributed by atoms with Crippen LogP contribution in [0.5, 0.6) is 0 Å². The number of hydrogen-bond donors (Lipinski definition) is 1. The highest BCUT2D eigenvalue weighted by Crippen LogP contribution is 2.29. The van der Waals surface area contributed by atoms with Crippen molar-refractivity contribution in [1.29, 1.82) is 0 Å². The number of ether oxygens (including phenoxy) is 1. The Morgan fingerprint density at radius 3 is 2.64 bits per heavy atom. The molecule has 2 rings (SSSR count). The molecule has 4 nitrogen and oxygen atoms in total. The van der Waals surface area contributed by atoms with Gasteiger partial charge in [0.2, 0.25) is 5.91 Å². The average molecular weight is 305 g/mol. The van der Waals surface area contributed by atoms with Gasteiger partial charge in [-0.3, -0.25) is 4.79 Å². The van der Waals surface area contributed by atoms with Gasteiger partial charge in [-0.2, -0.15) is 0 Å². The highest BCUT2D eigenvalue weighted by Gasteiger charge is 2.35. The lowest BCUT2D eigenvalue weighted by atomic mass is 9.80. The van der Waals surface area contributed by atoms with E-state index in [1.165, 1.54) is 5.56 Å². The van der Waals surface area contributed by atoms with Crippen molar-refractivity contribution in [1.82, 2.24) is 4.90 Å². The quantitative estimate of drug-likeness (QED) is 0.878. The first-order chi connectivity index (χ1) is 10.5. The molecule has 4 heteroatoms. The fourth-order valence-electron chi connectivity index (χ4n) is 3.12. The second kappa shape index (κ2) is 7.25. The van der Waals surface area contributed by atoms with Gasteiger partial charge >= 0.3 is 0 Å². The van der Waals surface area contributed by atoms with Crippen molar-refractivity contribution >= 4 is 5.91 Å². The van der Waals surface area contributed by atoms with Gasteiger partial charge in [-0.15, -0.1) is 0 Å². The zero-order valence-corrected chi connectivity index (χ0v) is 13.8.